The van der Waals surface area contributed by atoms with E-state index in [9.17, 15) is 24.9 Å². The SMILES string of the molecule is CCOC(=O)[C@H](C#N)[C@](C#N)(C(=O)OCC)[C@H]1CCCCC1=O. The first kappa shape index (κ1) is 18.6. The fourth-order valence-corrected chi connectivity index (χ4v) is 2.93. The Kier molecular flexibility index (Phi) is 6.71. The van der Waals surface area contributed by atoms with Crippen LogP contribution in [0.2, 0.25) is 0 Å². The molecule has 1 rings (SSSR count). The molecule has 1 saturated carbocycles. The Balaban J connectivity index is 3.42. The predicted octanol–water partition coefficient (Wildman–Crippen LogP) is 1.52. The van der Waals surface area contributed by atoms with Crippen molar-refractivity contribution in [2.75, 3.05) is 13.2 Å². The minimum Gasteiger partial charge on any atom is -0.465 e. The molecule has 3 atom stereocenters. The van der Waals surface area contributed by atoms with Gasteiger partial charge in [-0.1, -0.05) is 6.42 Å². The predicted molar refractivity (Wildman–Crippen MR) is 77.4 cm³/mol. The highest BCUT2D eigenvalue weighted by Crippen LogP contribution is 2.43. The van der Waals surface area contributed by atoms with Crippen LogP contribution in [0.25, 0.3) is 0 Å². The average Bonchev–Trinajstić information content (AvgIpc) is 2.53. The number of hydrogen-bond donors (Lipinski definition) is 0. The molecular weight excluding hydrogens is 300 g/mol. The molecule has 1 fully saturated rings. The molecule has 124 valence electrons. The van der Waals surface area contributed by atoms with Gasteiger partial charge in [-0.05, 0) is 26.7 Å². The first-order chi connectivity index (χ1) is 11.0. The first-order valence-electron chi connectivity index (χ1n) is 7.66. The number of nitriles is 2. The number of hydrogen-bond acceptors (Lipinski definition) is 7. The van der Waals surface area contributed by atoms with Gasteiger partial charge in [0.15, 0.2) is 11.3 Å². The topological polar surface area (TPSA) is 117 Å². The van der Waals surface area contributed by atoms with Crippen LogP contribution in [-0.2, 0) is 23.9 Å². The van der Waals surface area contributed by atoms with Crippen molar-refractivity contribution in [3.05, 3.63) is 0 Å². The van der Waals surface area contributed by atoms with Crippen LogP contribution in [0.5, 0.6) is 0 Å². The molecule has 0 saturated heterocycles. The monoisotopic (exact) mass is 320 g/mol. The van der Waals surface area contributed by atoms with Gasteiger partial charge in [-0.3, -0.25) is 14.4 Å². The molecule has 0 bridgehead atoms. The second kappa shape index (κ2) is 8.28. The number of nitrogens with zero attached hydrogens (tertiary/aromatic N) is 2. The maximum Gasteiger partial charge on any atom is 0.329 e. The third-order valence-electron chi connectivity index (χ3n) is 4.01. The summed E-state index contributed by atoms with van der Waals surface area (Å²) in [5, 5.41) is 19.1. The number of rotatable bonds is 6. The number of ether oxygens (including phenoxy) is 2. The lowest BCUT2D eigenvalue weighted by atomic mass is 9.62. The van der Waals surface area contributed by atoms with Gasteiger partial charge in [0.1, 0.15) is 5.78 Å². The standard InChI is InChI=1S/C16H20N2O5/c1-3-22-14(20)12(9-17)16(10-18,15(21)23-4-2)11-7-5-6-8-13(11)19/h11-12H,3-8H2,1-2H3/t11-,12-,16+/m0/s1. The summed E-state index contributed by atoms with van der Waals surface area (Å²) in [5.74, 6) is -5.02. The lowest BCUT2D eigenvalue weighted by molar-refractivity contribution is -0.168. The largest absolute Gasteiger partial charge is 0.465 e. The van der Waals surface area contributed by atoms with Gasteiger partial charge < -0.3 is 9.47 Å². The van der Waals surface area contributed by atoms with Crippen LogP contribution < -0.4 is 0 Å². The second-order valence-electron chi connectivity index (χ2n) is 5.28. The van der Waals surface area contributed by atoms with Crippen LogP contribution >= 0.6 is 0 Å². The summed E-state index contributed by atoms with van der Waals surface area (Å²) >= 11 is 0. The molecule has 0 aliphatic heterocycles. The molecule has 0 unspecified atom stereocenters. The fraction of sp³-hybridized carbons (Fsp3) is 0.688. The summed E-state index contributed by atoms with van der Waals surface area (Å²) in [7, 11) is 0. The van der Waals surface area contributed by atoms with Crippen LogP contribution in [-0.4, -0.2) is 30.9 Å². The van der Waals surface area contributed by atoms with Crippen molar-refractivity contribution in [2.24, 2.45) is 17.3 Å². The molecular formula is C16H20N2O5. The Morgan fingerprint density at radius 1 is 1.26 bits per heavy atom. The molecule has 0 aromatic rings. The number of carbonyl (C=O) groups is 3. The van der Waals surface area contributed by atoms with E-state index in [-0.39, 0.29) is 31.8 Å². The van der Waals surface area contributed by atoms with Gasteiger partial charge >= 0.3 is 11.9 Å². The van der Waals surface area contributed by atoms with Crippen molar-refractivity contribution >= 4 is 17.7 Å². The summed E-state index contributed by atoms with van der Waals surface area (Å²) in [6.07, 6.45) is 1.79. The Bertz CT molecular complexity index is 560. The molecule has 0 amide bonds. The van der Waals surface area contributed by atoms with E-state index in [0.717, 1.165) is 0 Å². The Morgan fingerprint density at radius 2 is 1.91 bits per heavy atom. The number of esters is 2. The van der Waals surface area contributed by atoms with E-state index >= 15 is 0 Å². The summed E-state index contributed by atoms with van der Waals surface area (Å²) in [6.45, 7) is 3.08. The number of Topliss-reactive ketones (excluding diaryl/α,β-unsaturated/α-hetero) is 1. The first-order valence-corrected chi connectivity index (χ1v) is 7.66. The molecule has 0 heterocycles. The zero-order valence-electron chi connectivity index (χ0n) is 13.3. The molecule has 0 N–H and O–H groups in total. The number of ketones is 1. The molecule has 7 heteroatoms. The molecule has 0 aromatic carbocycles. The lowest BCUT2D eigenvalue weighted by Crippen LogP contribution is -2.51. The third kappa shape index (κ3) is 3.50. The van der Waals surface area contributed by atoms with Gasteiger partial charge in [0.2, 0.25) is 0 Å². The molecule has 7 nitrogen and oxygen atoms in total. The van der Waals surface area contributed by atoms with E-state index in [1.165, 1.54) is 0 Å². The van der Waals surface area contributed by atoms with Crippen molar-refractivity contribution in [2.45, 2.75) is 39.5 Å². The zero-order chi connectivity index (χ0) is 17.5. The van der Waals surface area contributed by atoms with E-state index in [1.807, 2.05) is 0 Å². The summed E-state index contributed by atoms with van der Waals surface area (Å²) in [5.41, 5.74) is -2.16. The summed E-state index contributed by atoms with van der Waals surface area (Å²) < 4.78 is 9.76. The molecule has 1 aliphatic carbocycles. The maximum absolute atomic E-state index is 12.5. The summed E-state index contributed by atoms with van der Waals surface area (Å²) in [4.78, 5) is 36.9. The zero-order valence-corrected chi connectivity index (χ0v) is 13.3. The van der Waals surface area contributed by atoms with Gasteiger partial charge in [0, 0.05) is 12.3 Å². The Morgan fingerprint density at radius 3 is 2.39 bits per heavy atom. The second-order valence-corrected chi connectivity index (χ2v) is 5.28. The Hall–Kier alpha value is -2.41. The third-order valence-corrected chi connectivity index (χ3v) is 4.01. The van der Waals surface area contributed by atoms with Gasteiger partial charge in [-0.25, -0.2) is 0 Å². The summed E-state index contributed by atoms with van der Waals surface area (Å²) in [6, 6.07) is 3.46. The quantitative estimate of drug-likeness (QED) is 0.681. The lowest BCUT2D eigenvalue weighted by Gasteiger charge is -2.35. The molecule has 1 aliphatic rings. The van der Waals surface area contributed by atoms with Crippen molar-refractivity contribution in [1.82, 2.24) is 0 Å². The van der Waals surface area contributed by atoms with Crippen LogP contribution in [0.15, 0.2) is 0 Å². The van der Waals surface area contributed by atoms with Crippen molar-refractivity contribution in [3.8, 4) is 12.1 Å². The van der Waals surface area contributed by atoms with Gasteiger partial charge in [-0.2, -0.15) is 10.5 Å². The molecule has 23 heavy (non-hydrogen) atoms. The molecule has 0 aromatic heterocycles. The van der Waals surface area contributed by atoms with Gasteiger partial charge in [0.05, 0.1) is 25.4 Å². The highest BCUT2D eigenvalue weighted by molar-refractivity contribution is 5.96. The van der Waals surface area contributed by atoms with Crippen LogP contribution in [0.1, 0.15) is 39.5 Å². The van der Waals surface area contributed by atoms with E-state index in [2.05, 4.69) is 0 Å². The smallest absolute Gasteiger partial charge is 0.329 e. The van der Waals surface area contributed by atoms with Crippen LogP contribution in [0, 0.1) is 39.9 Å². The highest BCUT2D eigenvalue weighted by Gasteiger charge is 2.60. The van der Waals surface area contributed by atoms with E-state index in [1.54, 1.807) is 26.0 Å². The van der Waals surface area contributed by atoms with Crippen LogP contribution in [0.4, 0.5) is 0 Å². The normalized spacial score (nSPS) is 21.2. The molecule has 0 spiro atoms. The van der Waals surface area contributed by atoms with Gasteiger partial charge in [-0.15, -0.1) is 0 Å². The fourth-order valence-electron chi connectivity index (χ4n) is 2.93. The molecule has 0 radical (unpaired) electrons. The minimum absolute atomic E-state index is 0.0000393. The Labute approximate surface area is 135 Å². The van der Waals surface area contributed by atoms with Crippen LogP contribution in [0.3, 0.4) is 0 Å². The van der Waals surface area contributed by atoms with Crippen molar-refractivity contribution in [1.29, 1.82) is 10.5 Å². The van der Waals surface area contributed by atoms with E-state index in [0.29, 0.717) is 12.8 Å². The van der Waals surface area contributed by atoms with E-state index in [4.69, 9.17) is 9.47 Å². The average molecular weight is 320 g/mol. The number of carbonyl (C=O) groups excluding carboxylic acids is 3. The van der Waals surface area contributed by atoms with Gasteiger partial charge in [0.25, 0.3) is 0 Å². The van der Waals surface area contributed by atoms with E-state index < -0.39 is 29.2 Å². The maximum atomic E-state index is 12.5. The van der Waals surface area contributed by atoms with Crippen molar-refractivity contribution < 1.29 is 23.9 Å². The highest BCUT2D eigenvalue weighted by atomic mass is 16.5. The minimum atomic E-state index is -2.16. The van der Waals surface area contributed by atoms with Crippen molar-refractivity contribution in [3.63, 3.8) is 0 Å².